The summed E-state index contributed by atoms with van der Waals surface area (Å²) in [5.41, 5.74) is 6.47. The van der Waals surface area contributed by atoms with Crippen molar-refractivity contribution >= 4 is 22.6 Å². The van der Waals surface area contributed by atoms with Crippen LogP contribution in [-0.4, -0.2) is 22.1 Å². The summed E-state index contributed by atoms with van der Waals surface area (Å²) >= 11 is 0. The van der Waals surface area contributed by atoms with E-state index in [-0.39, 0.29) is 11.9 Å². The molecule has 30 heavy (non-hydrogen) atoms. The van der Waals surface area contributed by atoms with Crippen molar-refractivity contribution in [2.24, 2.45) is 7.05 Å². The van der Waals surface area contributed by atoms with Crippen molar-refractivity contribution < 1.29 is 4.79 Å². The maximum absolute atomic E-state index is 12.7. The molecule has 0 aliphatic rings. The average Bonchev–Trinajstić information content (AvgIpc) is 3.09. The minimum atomic E-state index is -0.210. The topological polar surface area (TPSA) is 59.0 Å². The molecule has 0 unspecified atom stereocenters. The molecule has 0 saturated heterocycles. The van der Waals surface area contributed by atoms with Crippen molar-refractivity contribution in [1.29, 1.82) is 0 Å². The van der Waals surface area contributed by atoms with Crippen LogP contribution in [0.2, 0.25) is 0 Å². The number of anilines is 1. The number of aryl methyl sites for hydroxylation is 2. The first-order valence-electron chi connectivity index (χ1n) is 10.1. The number of urea groups is 1. The Balaban J connectivity index is 1.60. The van der Waals surface area contributed by atoms with Crippen molar-refractivity contribution in [3.05, 3.63) is 95.4 Å². The largest absolute Gasteiger partial charge is 0.350 e. The van der Waals surface area contributed by atoms with Crippen LogP contribution in [0.5, 0.6) is 0 Å². The smallest absolute Gasteiger partial charge is 0.319 e. The van der Waals surface area contributed by atoms with E-state index in [1.54, 1.807) is 6.20 Å². The van der Waals surface area contributed by atoms with Gasteiger partial charge in [0, 0.05) is 54.7 Å². The van der Waals surface area contributed by atoms with Crippen LogP contribution in [0.4, 0.5) is 10.5 Å². The van der Waals surface area contributed by atoms with E-state index in [1.165, 1.54) is 16.5 Å². The van der Waals surface area contributed by atoms with Gasteiger partial charge in [-0.2, -0.15) is 0 Å². The zero-order valence-electron chi connectivity index (χ0n) is 17.5. The third-order valence-electron chi connectivity index (χ3n) is 5.71. The number of carbonyl (C=O) groups is 1. The van der Waals surface area contributed by atoms with E-state index in [0.29, 0.717) is 6.54 Å². The molecule has 5 nitrogen and oxygen atoms in total. The second kappa shape index (κ2) is 8.41. The van der Waals surface area contributed by atoms with Gasteiger partial charge in [0.2, 0.25) is 0 Å². The van der Waals surface area contributed by atoms with Crippen LogP contribution in [0.15, 0.2) is 73.2 Å². The fourth-order valence-electron chi connectivity index (χ4n) is 3.89. The lowest BCUT2D eigenvalue weighted by molar-refractivity contribution is 0.252. The van der Waals surface area contributed by atoms with Gasteiger partial charge in [-0.3, -0.25) is 4.98 Å². The molecule has 0 aliphatic carbocycles. The number of rotatable bonds is 5. The van der Waals surface area contributed by atoms with Crippen LogP contribution in [0, 0.1) is 13.8 Å². The molecule has 0 saturated carbocycles. The fraction of sp³-hybridized carbons (Fsp3) is 0.200. The number of fused-ring (bicyclic) bond motifs is 1. The van der Waals surface area contributed by atoms with Crippen molar-refractivity contribution in [1.82, 2.24) is 14.9 Å². The predicted molar refractivity (Wildman–Crippen MR) is 122 cm³/mol. The molecule has 152 valence electrons. The Hall–Kier alpha value is -3.60. The number of para-hydroxylation sites is 1. The summed E-state index contributed by atoms with van der Waals surface area (Å²) < 4.78 is 2.13. The van der Waals surface area contributed by atoms with Gasteiger partial charge in [0.25, 0.3) is 0 Å². The number of amides is 2. The Morgan fingerprint density at radius 2 is 1.90 bits per heavy atom. The number of pyridine rings is 1. The van der Waals surface area contributed by atoms with Gasteiger partial charge in [-0.15, -0.1) is 0 Å². The monoisotopic (exact) mass is 398 g/mol. The minimum Gasteiger partial charge on any atom is -0.350 e. The van der Waals surface area contributed by atoms with E-state index in [2.05, 4.69) is 44.6 Å². The SMILES string of the molecule is Cc1cccc(NC(=O)NC[C@@H](c2cccnc2)c2cn(C)c3ccccc23)c1C. The van der Waals surface area contributed by atoms with Crippen LogP contribution in [0.3, 0.4) is 0 Å². The van der Waals surface area contributed by atoms with Gasteiger partial charge in [0.05, 0.1) is 0 Å². The molecule has 0 fully saturated rings. The molecule has 5 heteroatoms. The number of hydrogen-bond donors (Lipinski definition) is 2. The van der Waals surface area contributed by atoms with E-state index in [4.69, 9.17) is 0 Å². The highest BCUT2D eigenvalue weighted by atomic mass is 16.2. The molecule has 1 atom stereocenters. The summed E-state index contributed by atoms with van der Waals surface area (Å²) in [6.07, 6.45) is 5.79. The van der Waals surface area contributed by atoms with Crippen molar-refractivity contribution in [3.8, 4) is 0 Å². The first kappa shape index (κ1) is 19.7. The number of hydrogen-bond acceptors (Lipinski definition) is 2. The molecule has 0 aliphatic heterocycles. The highest BCUT2D eigenvalue weighted by Gasteiger charge is 2.20. The number of nitrogens with one attached hydrogen (secondary N) is 2. The minimum absolute atomic E-state index is 0.00541. The van der Waals surface area contributed by atoms with Crippen LogP contribution in [-0.2, 0) is 7.05 Å². The number of aromatic nitrogens is 2. The summed E-state index contributed by atoms with van der Waals surface area (Å²) in [5, 5.41) is 7.23. The standard InChI is InChI=1S/C25H26N4O/c1-17-8-6-11-23(18(17)2)28-25(30)27-15-21(19-9-7-13-26-14-19)22-16-29(3)24-12-5-4-10-20(22)24/h4-14,16,21H,15H2,1-3H3,(H2,27,28,30)/t21-/m0/s1. The Kier molecular flexibility index (Phi) is 5.53. The average molecular weight is 399 g/mol. The quantitative estimate of drug-likeness (QED) is 0.489. The normalized spacial score (nSPS) is 12.0. The molecule has 0 bridgehead atoms. The zero-order valence-corrected chi connectivity index (χ0v) is 17.5. The van der Waals surface area contributed by atoms with Gasteiger partial charge in [0.15, 0.2) is 0 Å². The highest BCUT2D eigenvalue weighted by Crippen LogP contribution is 2.31. The third kappa shape index (κ3) is 3.92. The summed E-state index contributed by atoms with van der Waals surface area (Å²) in [6, 6.07) is 18.0. The molecule has 2 N–H and O–H groups in total. The number of carbonyl (C=O) groups excluding carboxylic acids is 1. The lowest BCUT2D eigenvalue weighted by Crippen LogP contribution is -2.33. The fourth-order valence-corrected chi connectivity index (χ4v) is 3.89. The molecule has 0 spiro atoms. The van der Waals surface area contributed by atoms with E-state index >= 15 is 0 Å². The van der Waals surface area contributed by atoms with Gasteiger partial charge in [0.1, 0.15) is 0 Å². The molecule has 4 rings (SSSR count). The Morgan fingerprint density at radius 3 is 2.70 bits per heavy atom. The molecule has 0 radical (unpaired) electrons. The first-order valence-corrected chi connectivity index (χ1v) is 10.1. The molecular formula is C25H26N4O. The van der Waals surface area contributed by atoms with Gasteiger partial charge >= 0.3 is 6.03 Å². The van der Waals surface area contributed by atoms with Crippen LogP contribution >= 0.6 is 0 Å². The zero-order chi connectivity index (χ0) is 21.1. The number of benzene rings is 2. The summed E-state index contributed by atoms with van der Waals surface area (Å²) in [6.45, 7) is 4.52. The van der Waals surface area contributed by atoms with Gasteiger partial charge in [-0.05, 0) is 54.3 Å². The number of nitrogens with zero attached hydrogens (tertiary/aromatic N) is 2. The van der Waals surface area contributed by atoms with Crippen molar-refractivity contribution in [2.45, 2.75) is 19.8 Å². The first-order chi connectivity index (χ1) is 14.5. The van der Waals surface area contributed by atoms with E-state index in [0.717, 1.165) is 22.4 Å². The van der Waals surface area contributed by atoms with E-state index in [9.17, 15) is 4.79 Å². The second-order valence-corrected chi connectivity index (χ2v) is 7.63. The highest BCUT2D eigenvalue weighted by molar-refractivity contribution is 5.90. The van der Waals surface area contributed by atoms with Crippen LogP contribution < -0.4 is 10.6 Å². The summed E-state index contributed by atoms with van der Waals surface area (Å²) in [7, 11) is 2.05. The van der Waals surface area contributed by atoms with E-state index < -0.39 is 0 Å². The van der Waals surface area contributed by atoms with Gasteiger partial charge in [-0.25, -0.2) is 4.79 Å². The van der Waals surface area contributed by atoms with Gasteiger partial charge in [-0.1, -0.05) is 36.4 Å². The lowest BCUT2D eigenvalue weighted by atomic mass is 9.92. The molecule has 2 aromatic heterocycles. The maximum atomic E-state index is 12.7. The molecule has 4 aromatic rings. The van der Waals surface area contributed by atoms with Crippen LogP contribution in [0.1, 0.15) is 28.2 Å². The molecular weight excluding hydrogens is 372 g/mol. The van der Waals surface area contributed by atoms with Crippen molar-refractivity contribution in [2.75, 3.05) is 11.9 Å². The molecule has 2 heterocycles. The Morgan fingerprint density at radius 1 is 1.07 bits per heavy atom. The predicted octanol–water partition coefficient (Wildman–Crippen LogP) is 5.14. The maximum Gasteiger partial charge on any atom is 0.319 e. The Bertz CT molecular complexity index is 1180. The third-order valence-corrected chi connectivity index (χ3v) is 5.71. The molecule has 2 aromatic carbocycles. The van der Waals surface area contributed by atoms with Crippen molar-refractivity contribution in [3.63, 3.8) is 0 Å². The summed E-state index contributed by atoms with van der Waals surface area (Å²) in [5.74, 6) is -0.00541. The Labute approximate surface area is 176 Å². The van der Waals surface area contributed by atoms with Gasteiger partial charge < -0.3 is 15.2 Å². The summed E-state index contributed by atoms with van der Waals surface area (Å²) in [4.78, 5) is 17.0. The van der Waals surface area contributed by atoms with E-state index in [1.807, 2.05) is 63.5 Å². The molecule has 2 amide bonds. The van der Waals surface area contributed by atoms with Crippen LogP contribution in [0.25, 0.3) is 10.9 Å². The lowest BCUT2D eigenvalue weighted by Gasteiger charge is -2.18. The second-order valence-electron chi connectivity index (χ2n) is 7.63.